The highest BCUT2D eigenvalue weighted by Gasteiger charge is 2.44. The van der Waals surface area contributed by atoms with Crippen LogP contribution in [0.15, 0.2) is 24.5 Å². The summed E-state index contributed by atoms with van der Waals surface area (Å²) < 4.78 is 0. The number of H-pyrrole nitrogens is 1. The van der Waals surface area contributed by atoms with Crippen LogP contribution in [0.3, 0.4) is 0 Å². The van der Waals surface area contributed by atoms with Crippen LogP contribution in [-0.2, 0) is 0 Å². The molecule has 4 rings (SSSR count). The molecule has 1 spiro atoms. The van der Waals surface area contributed by atoms with Crippen molar-refractivity contribution in [1.82, 2.24) is 14.9 Å². The van der Waals surface area contributed by atoms with Crippen LogP contribution in [0.5, 0.6) is 0 Å². The smallest absolute Gasteiger partial charge is 0.139 e. The van der Waals surface area contributed by atoms with Crippen molar-refractivity contribution < 1.29 is 0 Å². The van der Waals surface area contributed by atoms with Crippen molar-refractivity contribution in [3.8, 4) is 0 Å². The fourth-order valence-electron chi connectivity index (χ4n) is 3.87. The van der Waals surface area contributed by atoms with E-state index in [1.54, 1.807) is 0 Å². The number of likely N-dealkylation sites (N-methyl/N-ethyl adjacent to an activating group) is 1. The van der Waals surface area contributed by atoms with Gasteiger partial charge in [0.15, 0.2) is 0 Å². The minimum Gasteiger partial charge on any atom is -0.369 e. The van der Waals surface area contributed by atoms with E-state index in [4.69, 9.17) is 0 Å². The Bertz CT molecular complexity index is 605. The maximum absolute atomic E-state index is 4.38. The molecule has 19 heavy (non-hydrogen) atoms. The molecule has 2 aromatic rings. The van der Waals surface area contributed by atoms with Crippen molar-refractivity contribution in [2.45, 2.75) is 24.8 Å². The minimum atomic E-state index is 0.423. The second-order valence-electron chi connectivity index (χ2n) is 5.99. The molecular formula is C15H20N4. The molecule has 0 amide bonds. The number of hydrogen-bond acceptors (Lipinski definition) is 3. The molecule has 2 aliphatic rings. The molecule has 2 aromatic heterocycles. The Morgan fingerprint density at radius 1 is 1.26 bits per heavy atom. The van der Waals surface area contributed by atoms with Crippen molar-refractivity contribution in [3.63, 3.8) is 0 Å². The van der Waals surface area contributed by atoms with E-state index in [-0.39, 0.29) is 0 Å². The summed E-state index contributed by atoms with van der Waals surface area (Å²) in [6.45, 7) is 3.58. The number of nitrogens with zero attached hydrogens (tertiary/aromatic N) is 3. The first-order valence-electron chi connectivity index (χ1n) is 7.17. The van der Waals surface area contributed by atoms with Crippen LogP contribution in [0.2, 0.25) is 0 Å². The fraction of sp³-hybridized carbons (Fsp3) is 0.533. The predicted molar refractivity (Wildman–Crippen MR) is 77.5 cm³/mol. The van der Waals surface area contributed by atoms with Crippen LogP contribution in [0.1, 0.15) is 19.3 Å². The molecule has 0 aliphatic carbocycles. The second-order valence-corrected chi connectivity index (χ2v) is 5.99. The van der Waals surface area contributed by atoms with E-state index in [0.717, 1.165) is 18.7 Å². The third-order valence-electron chi connectivity index (χ3n) is 5.06. The fourth-order valence-corrected chi connectivity index (χ4v) is 3.87. The number of aromatic nitrogens is 2. The van der Waals surface area contributed by atoms with Gasteiger partial charge in [-0.3, -0.25) is 4.90 Å². The monoisotopic (exact) mass is 256 g/mol. The van der Waals surface area contributed by atoms with Crippen molar-refractivity contribution in [2.24, 2.45) is 0 Å². The number of pyridine rings is 1. The first kappa shape index (κ1) is 11.3. The Hall–Kier alpha value is -1.55. The summed E-state index contributed by atoms with van der Waals surface area (Å²) in [6.07, 6.45) is 7.88. The number of anilines is 1. The van der Waals surface area contributed by atoms with Gasteiger partial charge in [-0.2, -0.15) is 0 Å². The highest BCUT2D eigenvalue weighted by molar-refractivity contribution is 5.89. The van der Waals surface area contributed by atoms with Gasteiger partial charge in [0.1, 0.15) is 5.65 Å². The summed E-state index contributed by atoms with van der Waals surface area (Å²) in [5.74, 6) is 0. The molecule has 2 aliphatic heterocycles. The van der Waals surface area contributed by atoms with Gasteiger partial charge in [0.05, 0.1) is 0 Å². The topological polar surface area (TPSA) is 35.2 Å². The number of rotatable bonds is 1. The zero-order valence-electron chi connectivity index (χ0n) is 11.4. The summed E-state index contributed by atoms with van der Waals surface area (Å²) in [5, 5.41) is 1.25. The van der Waals surface area contributed by atoms with E-state index >= 15 is 0 Å². The van der Waals surface area contributed by atoms with Crippen LogP contribution in [0.25, 0.3) is 11.0 Å². The Morgan fingerprint density at radius 2 is 2.21 bits per heavy atom. The molecule has 2 fully saturated rings. The van der Waals surface area contributed by atoms with Crippen LogP contribution < -0.4 is 4.90 Å². The van der Waals surface area contributed by atoms with E-state index in [0.29, 0.717) is 5.54 Å². The first-order chi connectivity index (χ1) is 9.28. The van der Waals surface area contributed by atoms with Gasteiger partial charge in [0, 0.05) is 42.1 Å². The van der Waals surface area contributed by atoms with E-state index in [1.807, 2.05) is 12.4 Å². The zero-order chi connectivity index (χ0) is 12.9. The highest BCUT2D eigenvalue weighted by atomic mass is 15.3. The largest absolute Gasteiger partial charge is 0.369 e. The number of fused-ring (bicyclic) bond motifs is 1. The van der Waals surface area contributed by atoms with Crippen LogP contribution >= 0.6 is 0 Å². The standard InChI is InChI=1S/C15H20N4/c1-18-9-2-5-15(18)6-10-19(11-15)13-4-8-17-14-12(13)3-7-16-14/h3-4,7-8H,2,5-6,9-11H2,1H3,(H,16,17)/t15-/m0/s1. The number of hydrogen-bond donors (Lipinski definition) is 1. The normalized spacial score (nSPS) is 27.9. The number of aromatic amines is 1. The molecule has 4 heterocycles. The van der Waals surface area contributed by atoms with Crippen LogP contribution in [0, 0.1) is 0 Å². The molecule has 0 aromatic carbocycles. The summed E-state index contributed by atoms with van der Waals surface area (Å²) in [4.78, 5) is 12.7. The maximum atomic E-state index is 4.38. The first-order valence-corrected chi connectivity index (χ1v) is 7.17. The van der Waals surface area contributed by atoms with E-state index < -0.39 is 0 Å². The molecule has 1 atom stereocenters. The van der Waals surface area contributed by atoms with Gasteiger partial charge in [-0.15, -0.1) is 0 Å². The maximum Gasteiger partial charge on any atom is 0.139 e. The quantitative estimate of drug-likeness (QED) is 0.850. The Morgan fingerprint density at radius 3 is 3.05 bits per heavy atom. The van der Waals surface area contributed by atoms with Crippen molar-refractivity contribution >= 4 is 16.7 Å². The second kappa shape index (κ2) is 3.97. The Labute approximate surface area is 113 Å². The van der Waals surface area contributed by atoms with Gasteiger partial charge < -0.3 is 9.88 Å². The van der Waals surface area contributed by atoms with Gasteiger partial charge in [-0.05, 0) is 45.0 Å². The third-order valence-corrected chi connectivity index (χ3v) is 5.06. The third kappa shape index (κ3) is 1.59. The van der Waals surface area contributed by atoms with Gasteiger partial charge >= 0.3 is 0 Å². The van der Waals surface area contributed by atoms with E-state index in [9.17, 15) is 0 Å². The molecule has 100 valence electrons. The molecule has 0 saturated carbocycles. The van der Waals surface area contributed by atoms with E-state index in [1.165, 1.54) is 36.9 Å². The lowest BCUT2D eigenvalue weighted by molar-refractivity contribution is 0.198. The average Bonchev–Trinajstić information content (AvgIpc) is 3.12. The number of nitrogens with one attached hydrogen (secondary N) is 1. The zero-order valence-corrected chi connectivity index (χ0v) is 11.4. The van der Waals surface area contributed by atoms with Gasteiger partial charge in [-0.25, -0.2) is 4.98 Å². The summed E-state index contributed by atoms with van der Waals surface area (Å²) in [6, 6.07) is 4.30. The van der Waals surface area contributed by atoms with Crippen molar-refractivity contribution in [1.29, 1.82) is 0 Å². The van der Waals surface area contributed by atoms with Gasteiger partial charge in [-0.1, -0.05) is 0 Å². The molecule has 0 bridgehead atoms. The lowest BCUT2D eigenvalue weighted by Gasteiger charge is -2.32. The minimum absolute atomic E-state index is 0.423. The molecule has 2 saturated heterocycles. The lowest BCUT2D eigenvalue weighted by Crippen LogP contribution is -2.43. The molecular weight excluding hydrogens is 236 g/mol. The van der Waals surface area contributed by atoms with Crippen molar-refractivity contribution in [3.05, 3.63) is 24.5 Å². The van der Waals surface area contributed by atoms with Crippen LogP contribution in [-0.4, -0.2) is 47.1 Å². The lowest BCUT2D eigenvalue weighted by atomic mass is 9.96. The predicted octanol–water partition coefficient (Wildman–Crippen LogP) is 2.24. The molecule has 0 radical (unpaired) electrons. The number of likely N-dealkylation sites (tertiary alicyclic amines) is 1. The summed E-state index contributed by atoms with van der Waals surface area (Å²) in [5.41, 5.74) is 2.76. The summed E-state index contributed by atoms with van der Waals surface area (Å²) >= 11 is 0. The van der Waals surface area contributed by atoms with E-state index in [2.05, 4.69) is 38.9 Å². The Balaban J connectivity index is 1.69. The molecule has 4 nitrogen and oxygen atoms in total. The molecule has 0 unspecified atom stereocenters. The van der Waals surface area contributed by atoms with Gasteiger partial charge in [0.25, 0.3) is 0 Å². The molecule has 1 N–H and O–H groups in total. The molecule has 4 heteroatoms. The SMILES string of the molecule is CN1CCC[C@@]12CCN(c1ccnc3[nH]ccc13)C2. The van der Waals surface area contributed by atoms with Gasteiger partial charge in [0.2, 0.25) is 0 Å². The van der Waals surface area contributed by atoms with Crippen LogP contribution in [0.4, 0.5) is 5.69 Å². The summed E-state index contributed by atoms with van der Waals surface area (Å²) in [7, 11) is 2.29. The highest BCUT2D eigenvalue weighted by Crippen LogP contribution is 2.39. The van der Waals surface area contributed by atoms with Crippen molar-refractivity contribution in [2.75, 3.05) is 31.6 Å². The Kier molecular flexibility index (Phi) is 2.36. The average molecular weight is 256 g/mol.